The smallest absolute Gasteiger partial charge is 0.335 e. The molecule has 6 heteroatoms. The zero-order chi connectivity index (χ0) is 16.8. The number of nitrogen functional groups attached to an aromatic ring is 2. The van der Waals surface area contributed by atoms with Crippen molar-refractivity contribution in [2.24, 2.45) is 0 Å². The molecule has 0 unspecified atom stereocenters. The molecule has 4 rings (SSSR count). The zero-order valence-corrected chi connectivity index (χ0v) is 12.6. The van der Waals surface area contributed by atoms with E-state index in [2.05, 4.69) is 9.97 Å². The summed E-state index contributed by atoms with van der Waals surface area (Å²) in [6.07, 6.45) is 0. The van der Waals surface area contributed by atoms with Crippen molar-refractivity contribution in [3.05, 3.63) is 54.1 Å². The van der Waals surface area contributed by atoms with Gasteiger partial charge in [0.1, 0.15) is 5.82 Å². The fourth-order valence-electron chi connectivity index (χ4n) is 2.75. The fraction of sp³-hybridized carbons (Fsp3) is 0. The molecule has 1 heterocycles. The molecule has 3 aromatic carbocycles. The van der Waals surface area contributed by atoms with E-state index in [1.54, 1.807) is 30.3 Å². The molecule has 0 atom stereocenters. The van der Waals surface area contributed by atoms with Crippen LogP contribution in [0.1, 0.15) is 10.4 Å². The average Bonchev–Trinajstić information content (AvgIpc) is 2.97. The predicted molar refractivity (Wildman–Crippen MR) is 94.8 cm³/mol. The number of carboxylic acid groups (broad SMARTS) is 1. The molecule has 0 radical (unpaired) electrons. The standard InChI is InChI=1S/C18H14N4O2/c19-13-7-15-16(8-14(13)20)22-17(21-15)11-3-1-10-6-12(18(23)24)4-2-9(10)5-11/h1-8H,19-20H2,(H,21,22)(H,23,24). The minimum Gasteiger partial charge on any atom is -0.478 e. The molecular weight excluding hydrogens is 304 g/mol. The van der Waals surface area contributed by atoms with E-state index in [0.29, 0.717) is 17.2 Å². The largest absolute Gasteiger partial charge is 0.478 e. The highest BCUT2D eigenvalue weighted by molar-refractivity contribution is 5.96. The Kier molecular flexibility index (Phi) is 2.93. The van der Waals surface area contributed by atoms with E-state index < -0.39 is 5.97 Å². The van der Waals surface area contributed by atoms with Gasteiger partial charge in [-0.2, -0.15) is 0 Å². The minimum atomic E-state index is -0.937. The van der Waals surface area contributed by atoms with Crippen molar-refractivity contribution in [1.29, 1.82) is 0 Å². The van der Waals surface area contributed by atoms with Gasteiger partial charge in [0.15, 0.2) is 0 Å². The van der Waals surface area contributed by atoms with Crippen molar-refractivity contribution in [1.82, 2.24) is 9.97 Å². The Bertz CT molecular complexity index is 1080. The van der Waals surface area contributed by atoms with Crippen molar-refractivity contribution in [2.75, 3.05) is 11.5 Å². The van der Waals surface area contributed by atoms with Gasteiger partial charge in [-0.1, -0.05) is 18.2 Å². The summed E-state index contributed by atoms with van der Waals surface area (Å²) in [4.78, 5) is 18.8. The monoisotopic (exact) mass is 318 g/mol. The van der Waals surface area contributed by atoms with Gasteiger partial charge in [-0.05, 0) is 41.1 Å². The first-order chi connectivity index (χ1) is 11.5. The second kappa shape index (κ2) is 4.99. The van der Waals surface area contributed by atoms with Crippen molar-refractivity contribution in [3.8, 4) is 11.4 Å². The Labute approximate surface area is 136 Å². The molecule has 0 amide bonds. The van der Waals surface area contributed by atoms with Crippen LogP contribution >= 0.6 is 0 Å². The van der Waals surface area contributed by atoms with Gasteiger partial charge in [-0.3, -0.25) is 0 Å². The third kappa shape index (κ3) is 2.21. The lowest BCUT2D eigenvalue weighted by Gasteiger charge is -2.02. The topological polar surface area (TPSA) is 118 Å². The van der Waals surface area contributed by atoms with Crippen LogP contribution < -0.4 is 11.5 Å². The van der Waals surface area contributed by atoms with Crippen LogP contribution in [0.5, 0.6) is 0 Å². The van der Waals surface area contributed by atoms with E-state index in [0.717, 1.165) is 27.4 Å². The first-order valence-corrected chi connectivity index (χ1v) is 7.33. The number of hydrogen-bond donors (Lipinski definition) is 4. The minimum absolute atomic E-state index is 0.268. The van der Waals surface area contributed by atoms with E-state index in [-0.39, 0.29) is 5.56 Å². The summed E-state index contributed by atoms with van der Waals surface area (Å²) in [7, 11) is 0. The number of anilines is 2. The van der Waals surface area contributed by atoms with Crippen molar-refractivity contribution < 1.29 is 9.90 Å². The van der Waals surface area contributed by atoms with Crippen LogP contribution in [-0.4, -0.2) is 21.0 Å². The fourth-order valence-corrected chi connectivity index (χ4v) is 2.75. The number of rotatable bonds is 2. The Morgan fingerprint density at radius 1 is 0.958 bits per heavy atom. The SMILES string of the molecule is Nc1cc2nc(-c3ccc4cc(C(=O)O)ccc4c3)[nH]c2cc1N. The van der Waals surface area contributed by atoms with Gasteiger partial charge in [0, 0.05) is 5.56 Å². The lowest BCUT2D eigenvalue weighted by atomic mass is 10.0. The maximum absolute atomic E-state index is 11.1. The number of carbonyl (C=O) groups is 1. The molecular formula is C18H14N4O2. The second-order valence-corrected chi connectivity index (χ2v) is 5.67. The Morgan fingerprint density at radius 2 is 1.67 bits per heavy atom. The Balaban J connectivity index is 1.84. The number of aromatic nitrogens is 2. The number of H-pyrrole nitrogens is 1. The maximum atomic E-state index is 11.1. The lowest BCUT2D eigenvalue weighted by Crippen LogP contribution is -1.95. The van der Waals surface area contributed by atoms with Gasteiger partial charge in [0.25, 0.3) is 0 Å². The van der Waals surface area contributed by atoms with Crippen LogP contribution in [0, 0.1) is 0 Å². The zero-order valence-electron chi connectivity index (χ0n) is 12.6. The molecule has 0 saturated heterocycles. The summed E-state index contributed by atoms with van der Waals surface area (Å²) in [6, 6.07) is 14.3. The summed E-state index contributed by atoms with van der Waals surface area (Å²) in [5.41, 5.74) is 15.4. The van der Waals surface area contributed by atoms with Crippen LogP contribution in [-0.2, 0) is 0 Å². The number of carboxylic acids is 1. The average molecular weight is 318 g/mol. The first kappa shape index (κ1) is 14.1. The normalized spacial score (nSPS) is 11.2. The molecule has 0 aliphatic heterocycles. The molecule has 118 valence electrons. The van der Waals surface area contributed by atoms with Gasteiger partial charge in [0.2, 0.25) is 0 Å². The molecule has 0 spiro atoms. The lowest BCUT2D eigenvalue weighted by molar-refractivity contribution is 0.0697. The van der Waals surface area contributed by atoms with E-state index in [9.17, 15) is 4.79 Å². The summed E-state index contributed by atoms with van der Waals surface area (Å²) >= 11 is 0. The third-order valence-corrected chi connectivity index (χ3v) is 4.05. The Morgan fingerprint density at radius 3 is 2.46 bits per heavy atom. The maximum Gasteiger partial charge on any atom is 0.335 e. The molecule has 0 aliphatic rings. The summed E-state index contributed by atoms with van der Waals surface area (Å²) in [6.45, 7) is 0. The highest BCUT2D eigenvalue weighted by atomic mass is 16.4. The van der Waals surface area contributed by atoms with E-state index in [1.807, 2.05) is 18.2 Å². The number of nitrogens with zero attached hydrogens (tertiary/aromatic N) is 1. The number of fused-ring (bicyclic) bond motifs is 2. The molecule has 4 aromatic rings. The van der Waals surface area contributed by atoms with Crippen LogP contribution in [0.3, 0.4) is 0 Å². The molecule has 0 bridgehead atoms. The van der Waals surface area contributed by atoms with E-state index >= 15 is 0 Å². The highest BCUT2D eigenvalue weighted by Gasteiger charge is 2.09. The molecule has 0 aliphatic carbocycles. The number of aromatic amines is 1. The van der Waals surface area contributed by atoms with Crippen molar-refractivity contribution >= 4 is 39.1 Å². The summed E-state index contributed by atoms with van der Waals surface area (Å²) in [5, 5.41) is 10.9. The summed E-state index contributed by atoms with van der Waals surface area (Å²) < 4.78 is 0. The number of benzene rings is 3. The molecule has 6 nitrogen and oxygen atoms in total. The van der Waals surface area contributed by atoms with Crippen molar-refractivity contribution in [3.63, 3.8) is 0 Å². The van der Waals surface area contributed by atoms with Crippen LogP contribution in [0.2, 0.25) is 0 Å². The van der Waals surface area contributed by atoms with Gasteiger partial charge in [0.05, 0.1) is 28.0 Å². The molecule has 0 saturated carbocycles. The number of nitrogens with one attached hydrogen (secondary N) is 1. The number of hydrogen-bond acceptors (Lipinski definition) is 4. The highest BCUT2D eigenvalue weighted by Crippen LogP contribution is 2.28. The van der Waals surface area contributed by atoms with Gasteiger partial charge in [-0.15, -0.1) is 0 Å². The number of aromatic carboxylic acids is 1. The second-order valence-electron chi connectivity index (χ2n) is 5.67. The van der Waals surface area contributed by atoms with Crippen LogP contribution in [0.4, 0.5) is 11.4 Å². The molecule has 1 aromatic heterocycles. The van der Waals surface area contributed by atoms with Crippen molar-refractivity contribution in [2.45, 2.75) is 0 Å². The quantitative estimate of drug-likeness (QED) is 0.423. The van der Waals surface area contributed by atoms with Gasteiger partial charge in [-0.25, -0.2) is 9.78 Å². The molecule has 6 N–H and O–H groups in total. The Hall–Kier alpha value is -3.54. The van der Waals surface area contributed by atoms with Crippen LogP contribution in [0.25, 0.3) is 33.2 Å². The number of nitrogens with two attached hydrogens (primary N) is 2. The van der Waals surface area contributed by atoms with E-state index in [4.69, 9.17) is 16.6 Å². The first-order valence-electron chi connectivity index (χ1n) is 7.33. The predicted octanol–water partition coefficient (Wildman–Crippen LogP) is 3.25. The van der Waals surface area contributed by atoms with Crippen LogP contribution in [0.15, 0.2) is 48.5 Å². The van der Waals surface area contributed by atoms with Gasteiger partial charge < -0.3 is 21.6 Å². The van der Waals surface area contributed by atoms with E-state index in [1.165, 1.54) is 0 Å². The molecule has 24 heavy (non-hydrogen) atoms. The third-order valence-electron chi connectivity index (χ3n) is 4.05. The number of imidazole rings is 1. The molecule has 0 fully saturated rings. The van der Waals surface area contributed by atoms with Gasteiger partial charge >= 0.3 is 5.97 Å². The summed E-state index contributed by atoms with van der Waals surface area (Å²) in [5.74, 6) is -0.229.